The molecule has 0 saturated heterocycles. The highest BCUT2D eigenvalue weighted by molar-refractivity contribution is 5.46. The van der Waals surface area contributed by atoms with Crippen molar-refractivity contribution in [1.29, 1.82) is 0 Å². The highest BCUT2D eigenvalue weighted by atomic mass is 19.1. The Hall–Kier alpha value is -1.33. The third-order valence-corrected chi connectivity index (χ3v) is 2.60. The van der Waals surface area contributed by atoms with E-state index in [4.69, 9.17) is 14.2 Å². The number of methoxy groups -OCH3 is 2. The molecule has 0 radical (unpaired) electrons. The molecule has 4 nitrogen and oxygen atoms in total. The molecular formula is C14H22FNO3. The van der Waals surface area contributed by atoms with E-state index in [1.807, 2.05) is 18.2 Å². The second kappa shape index (κ2) is 9.58. The Morgan fingerprint density at radius 1 is 1.21 bits per heavy atom. The van der Waals surface area contributed by atoms with Gasteiger partial charge in [-0.05, 0) is 6.07 Å². The van der Waals surface area contributed by atoms with Crippen molar-refractivity contribution in [1.82, 2.24) is 5.32 Å². The Labute approximate surface area is 113 Å². The molecule has 0 unspecified atom stereocenters. The van der Waals surface area contributed by atoms with Crippen LogP contribution < -0.4 is 14.8 Å². The van der Waals surface area contributed by atoms with Crippen molar-refractivity contribution < 1.29 is 18.6 Å². The van der Waals surface area contributed by atoms with Crippen molar-refractivity contribution in [2.75, 3.05) is 40.7 Å². The van der Waals surface area contributed by atoms with Crippen molar-refractivity contribution in [3.05, 3.63) is 23.8 Å². The Morgan fingerprint density at radius 2 is 2.05 bits per heavy atom. The molecule has 0 atom stereocenters. The van der Waals surface area contributed by atoms with Crippen LogP contribution in [0.1, 0.15) is 12.0 Å². The lowest BCUT2D eigenvalue weighted by Gasteiger charge is -2.15. The number of nitrogens with one attached hydrogen (secondary N) is 1. The minimum atomic E-state index is -0.378. The smallest absolute Gasteiger partial charge is 0.165 e. The van der Waals surface area contributed by atoms with Crippen LogP contribution in [0.3, 0.4) is 0 Å². The number of hydrogen-bond donors (Lipinski definition) is 1. The molecule has 0 amide bonds. The summed E-state index contributed by atoms with van der Waals surface area (Å²) in [6, 6.07) is 5.71. The van der Waals surface area contributed by atoms with Crippen LogP contribution in [0.2, 0.25) is 0 Å². The van der Waals surface area contributed by atoms with Crippen LogP contribution in [0.15, 0.2) is 18.2 Å². The van der Waals surface area contributed by atoms with Crippen LogP contribution in [-0.2, 0) is 11.3 Å². The normalized spacial score (nSPS) is 10.5. The predicted octanol–water partition coefficient (Wildman–Crippen LogP) is 2.17. The van der Waals surface area contributed by atoms with Crippen molar-refractivity contribution in [3.63, 3.8) is 0 Å². The maximum absolute atomic E-state index is 12.1. The molecule has 0 aliphatic rings. The lowest BCUT2D eigenvalue weighted by molar-refractivity contribution is 0.199. The summed E-state index contributed by atoms with van der Waals surface area (Å²) in [5.41, 5.74) is 0.995. The molecule has 1 aromatic carbocycles. The number of alkyl halides is 1. The molecule has 0 aliphatic heterocycles. The van der Waals surface area contributed by atoms with Crippen molar-refractivity contribution in [3.8, 4) is 11.5 Å². The molecule has 1 aromatic rings. The van der Waals surface area contributed by atoms with Gasteiger partial charge in [0.2, 0.25) is 0 Å². The summed E-state index contributed by atoms with van der Waals surface area (Å²) in [4.78, 5) is 0. The van der Waals surface area contributed by atoms with E-state index in [1.54, 1.807) is 14.2 Å². The lowest BCUT2D eigenvalue weighted by Crippen LogP contribution is -2.19. The average Bonchev–Trinajstić information content (AvgIpc) is 2.44. The Bertz CT molecular complexity index is 361. The Balaban J connectivity index is 2.65. The zero-order valence-electron chi connectivity index (χ0n) is 11.6. The van der Waals surface area contributed by atoms with E-state index in [9.17, 15) is 4.39 Å². The molecule has 0 spiro atoms. The quantitative estimate of drug-likeness (QED) is 0.662. The maximum Gasteiger partial charge on any atom is 0.165 e. The number of hydrogen-bond acceptors (Lipinski definition) is 4. The van der Waals surface area contributed by atoms with Gasteiger partial charge in [-0.15, -0.1) is 0 Å². The second-order valence-electron chi connectivity index (χ2n) is 4.01. The van der Waals surface area contributed by atoms with Gasteiger partial charge in [-0.2, -0.15) is 0 Å². The van der Waals surface area contributed by atoms with E-state index >= 15 is 0 Å². The van der Waals surface area contributed by atoms with Crippen molar-refractivity contribution in [2.45, 2.75) is 13.0 Å². The van der Waals surface area contributed by atoms with Crippen LogP contribution in [0.4, 0.5) is 4.39 Å². The summed E-state index contributed by atoms with van der Waals surface area (Å²) in [5.74, 6) is 1.35. The average molecular weight is 271 g/mol. The molecule has 1 rings (SSSR count). The van der Waals surface area contributed by atoms with E-state index in [1.165, 1.54) is 0 Å². The van der Waals surface area contributed by atoms with Crippen LogP contribution in [0, 0.1) is 0 Å². The zero-order chi connectivity index (χ0) is 13.9. The maximum atomic E-state index is 12.1. The minimum Gasteiger partial charge on any atom is -0.493 e. The first-order chi connectivity index (χ1) is 9.33. The van der Waals surface area contributed by atoms with Crippen LogP contribution in [0.25, 0.3) is 0 Å². The predicted molar refractivity (Wildman–Crippen MR) is 72.7 cm³/mol. The van der Waals surface area contributed by atoms with Gasteiger partial charge in [-0.25, -0.2) is 0 Å². The van der Waals surface area contributed by atoms with Gasteiger partial charge in [-0.3, -0.25) is 4.39 Å². The first-order valence-electron chi connectivity index (χ1n) is 6.37. The SMILES string of the molecule is COCCNCc1cccc(OC)c1OCCCF. The topological polar surface area (TPSA) is 39.7 Å². The minimum absolute atomic E-state index is 0.349. The largest absolute Gasteiger partial charge is 0.493 e. The molecule has 0 fully saturated rings. The molecule has 108 valence electrons. The molecule has 0 heterocycles. The number of para-hydroxylation sites is 1. The first kappa shape index (κ1) is 15.7. The number of ether oxygens (including phenoxy) is 3. The van der Waals surface area contributed by atoms with Gasteiger partial charge >= 0.3 is 0 Å². The summed E-state index contributed by atoms with van der Waals surface area (Å²) in [7, 11) is 3.26. The van der Waals surface area contributed by atoms with Crippen LogP contribution in [0.5, 0.6) is 11.5 Å². The van der Waals surface area contributed by atoms with Gasteiger partial charge in [0, 0.05) is 32.2 Å². The summed E-state index contributed by atoms with van der Waals surface area (Å²) in [6.07, 6.45) is 0.384. The Kier molecular flexibility index (Phi) is 7.93. The summed E-state index contributed by atoms with van der Waals surface area (Å²) < 4.78 is 28.0. The fourth-order valence-electron chi connectivity index (χ4n) is 1.65. The van der Waals surface area contributed by atoms with Gasteiger partial charge < -0.3 is 19.5 Å². The molecule has 0 aliphatic carbocycles. The molecule has 0 saturated carbocycles. The highest BCUT2D eigenvalue weighted by Crippen LogP contribution is 2.31. The van der Waals surface area contributed by atoms with E-state index < -0.39 is 0 Å². The molecule has 5 heteroatoms. The lowest BCUT2D eigenvalue weighted by atomic mass is 10.2. The third-order valence-electron chi connectivity index (χ3n) is 2.60. The molecular weight excluding hydrogens is 249 g/mol. The van der Waals surface area contributed by atoms with E-state index in [0.717, 1.165) is 12.1 Å². The van der Waals surface area contributed by atoms with E-state index in [-0.39, 0.29) is 6.67 Å². The second-order valence-corrected chi connectivity index (χ2v) is 4.01. The van der Waals surface area contributed by atoms with Gasteiger partial charge in [0.1, 0.15) is 0 Å². The number of halogens is 1. The Morgan fingerprint density at radius 3 is 2.74 bits per heavy atom. The fraction of sp³-hybridized carbons (Fsp3) is 0.571. The standard InChI is InChI=1S/C14H22FNO3/c1-17-10-8-16-11-12-5-3-6-13(18-2)14(12)19-9-4-7-15/h3,5-6,16H,4,7-11H2,1-2H3. The first-order valence-corrected chi connectivity index (χ1v) is 6.37. The zero-order valence-corrected chi connectivity index (χ0v) is 11.6. The monoisotopic (exact) mass is 271 g/mol. The van der Waals surface area contributed by atoms with Crippen molar-refractivity contribution >= 4 is 0 Å². The van der Waals surface area contributed by atoms with Gasteiger partial charge in [0.15, 0.2) is 11.5 Å². The molecule has 1 N–H and O–H groups in total. The van der Waals surface area contributed by atoms with Gasteiger partial charge in [0.25, 0.3) is 0 Å². The van der Waals surface area contributed by atoms with Gasteiger partial charge in [-0.1, -0.05) is 12.1 Å². The number of rotatable bonds is 10. The fourth-order valence-corrected chi connectivity index (χ4v) is 1.65. The highest BCUT2D eigenvalue weighted by Gasteiger charge is 2.10. The van der Waals surface area contributed by atoms with E-state index in [0.29, 0.717) is 37.7 Å². The number of benzene rings is 1. The summed E-state index contributed by atoms with van der Waals surface area (Å²) in [6.45, 7) is 2.05. The van der Waals surface area contributed by atoms with Crippen LogP contribution >= 0.6 is 0 Å². The summed E-state index contributed by atoms with van der Waals surface area (Å²) in [5, 5.41) is 3.25. The van der Waals surface area contributed by atoms with Crippen molar-refractivity contribution in [2.24, 2.45) is 0 Å². The molecule has 0 bridgehead atoms. The third kappa shape index (κ3) is 5.44. The summed E-state index contributed by atoms with van der Waals surface area (Å²) >= 11 is 0. The molecule has 19 heavy (non-hydrogen) atoms. The van der Waals surface area contributed by atoms with Crippen LogP contribution in [-0.4, -0.2) is 40.7 Å². The molecule has 0 aromatic heterocycles. The van der Waals surface area contributed by atoms with Gasteiger partial charge in [0.05, 0.1) is 27.0 Å². The van der Waals surface area contributed by atoms with E-state index in [2.05, 4.69) is 5.32 Å².